The lowest BCUT2D eigenvalue weighted by Crippen LogP contribution is -2.43. The van der Waals surface area contributed by atoms with Crippen molar-refractivity contribution < 1.29 is 4.79 Å². The number of amides is 1. The number of nitrogens with zero attached hydrogens (tertiary/aromatic N) is 5. The van der Waals surface area contributed by atoms with Crippen LogP contribution < -0.4 is 10.6 Å². The number of anilines is 3. The van der Waals surface area contributed by atoms with Crippen molar-refractivity contribution in [3.05, 3.63) is 59.0 Å². The van der Waals surface area contributed by atoms with Gasteiger partial charge in [0.05, 0.1) is 17.3 Å². The zero-order valence-electron chi connectivity index (χ0n) is 19.6. The van der Waals surface area contributed by atoms with Crippen molar-refractivity contribution in [3.63, 3.8) is 0 Å². The zero-order valence-corrected chi connectivity index (χ0v) is 20.4. The van der Waals surface area contributed by atoms with Gasteiger partial charge in [-0.05, 0) is 49.0 Å². The number of thiophene rings is 1. The van der Waals surface area contributed by atoms with E-state index in [-0.39, 0.29) is 5.91 Å². The SMILES string of the molecule is CN1CCN(Cc2ccc(NC(=O)c3[nH]ncc3Nc3nc(C4CC4)nc4sccc34)cc2)CC1. The molecule has 35 heavy (non-hydrogen) atoms. The van der Waals surface area contributed by atoms with E-state index in [1.54, 1.807) is 17.5 Å². The van der Waals surface area contributed by atoms with E-state index in [2.05, 4.69) is 49.8 Å². The summed E-state index contributed by atoms with van der Waals surface area (Å²) >= 11 is 1.60. The Kier molecular flexibility index (Phi) is 5.93. The predicted molar refractivity (Wildman–Crippen MR) is 138 cm³/mol. The molecule has 1 amide bonds. The molecule has 4 heterocycles. The maximum Gasteiger partial charge on any atom is 0.275 e. The summed E-state index contributed by atoms with van der Waals surface area (Å²) in [5, 5.41) is 16.2. The molecule has 3 aromatic heterocycles. The van der Waals surface area contributed by atoms with Crippen LogP contribution in [0.4, 0.5) is 17.2 Å². The molecule has 180 valence electrons. The van der Waals surface area contributed by atoms with Gasteiger partial charge in [0.2, 0.25) is 0 Å². The molecular formula is C25H28N8OS. The van der Waals surface area contributed by atoms with Crippen LogP contribution in [0.15, 0.2) is 41.9 Å². The molecule has 10 heteroatoms. The standard InChI is InChI=1S/C25H28N8OS/c1-32-9-11-33(12-10-32)15-16-2-6-18(7-3-16)27-24(34)21-20(14-26-31-21)28-23-19-8-13-35-25(19)30-22(29-23)17-4-5-17/h2-3,6-8,13-14,17H,4-5,9-12,15H2,1H3,(H,26,31)(H,27,34)(H,28,29,30). The number of hydrogen-bond acceptors (Lipinski definition) is 8. The van der Waals surface area contributed by atoms with Crippen LogP contribution in [-0.4, -0.2) is 69.1 Å². The highest BCUT2D eigenvalue weighted by Crippen LogP contribution is 2.40. The Labute approximate surface area is 207 Å². The van der Waals surface area contributed by atoms with Gasteiger partial charge in [0.25, 0.3) is 5.91 Å². The number of hydrogen-bond donors (Lipinski definition) is 3. The topological polar surface area (TPSA) is 102 Å². The third-order valence-electron chi connectivity index (χ3n) is 6.62. The molecule has 0 atom stereocenters. The van der Waals surface area contributed by atoms with E-state index in [9.17, 15) is 4.79 Å². The maximum absolute atomic E-state index is 13.1. The van der Waals surface area contributed by atoms with E-state index in [4.69, 9.17) is 9.97 Å². The van der Waals surface area contributed by atoms with Crippen molar-refractivity contribution in [2.75, 3.05) is 43.9 Å². The number of aromatic amines is 1. The lowest BCUT2D eigenvalue weighted by Gasteiger charge is -2.32. The summed E-state index contributed by atoms with van der Waals surface area (Å²) in [6.07, 6.45) is 3.87. The average molecular weight is 489 g/mol. The number of benzene rings is 1. The quantitative estimate of drug-likeness (QED) is 0.361. The molecule has 0 radical (unpaired) electrons. The van der Waals surface area contributed by atoms with E-state index < -0.39 is 0 Å². The first-order chi connectivity index (χ1) is 17.1. The van der Waals surface area contributed by atoms with Crippen molar-refractivity contribution in [1.29, 1.82) is 0 Å². The smallest absolute Gasteiger partial charge is 0.275 e. The summed E-state index contributed by atoms with van der Waals surface area (Å²) < 4.78 is 0. The van der Waals surface area contributed by atoms with Crippen molar-refractivity contribution in [1.82, 2.24) is 30.0 Å². The second kappa shape index (κ2) is 9.37. The minimum absolute atomic E-state index is 0.255. The number of aromatic nitrogens is 4. The van der Waals surface area contributed by atoms with Crippen molar-refractivity contribution in [2.24, 2.45) is 0 Å². The lowest BCUT2D eigenvalue weighted by molar-refractivity contribution is 0.102. The highest BCUT2D eigenvalue weighted by atomic mass is 32.1. The van der Waals surface area contributed by atoms with Crippen LogP contribution in [0.5, 0.6) is 0 Å². The van der Waals surface area contributed by atoms with Crippen LogP contribution in [0.2, 0.25) is 0 Å². The fourth-order valence-corrected chi connectivity index (χ4v) is 5.10. The van der Waals surface area contributed by atoms with Gasteiger partial charge in [-0.25, -0.2) is 9.97 Å². The first-order valence-electron chi connectivity index (χ1n) is 12.0. The number of nitrogens with one attached hydrogen (secondary N) is 3. The summed E-state index contributed by atoms with van der Waals surface area (Å²) in [4.78, 5) is 28.3. The maximum atomic E-state index is 13.1. The molecule has 0 bridgehead atoms. The van der Waals surface area contributed by atoms with Gasteiger partial charge < -0.3 is 15.5 Å². The molecule has 9 nitrogen and oxygen atoms in total. The third kappa shape index (κ3) is 4.90. The van der Waals surface area contributed by atoms with E-state index in [1.165, 1.54) is 5.56 Å². The number of carbonyl (C=O) groups excluding carboxylic acids is 1. The zero-order chi connectivity index (χ0) is 23.8. The van der Waals surface area contributed by atoms with Gasteiger partial charge in [-0.2, -0.15) is 5.10 Å². The molecule has 1 aliphatic heterocycles. The first kappa shape index (κ1) is 22.1. The van der Waals surface area contributed by atoms with E-state index in [0.29, 0.717) is 23.1 Å². The van der Waals surface area contributed by atoms with E-state index >= 15 is 0 Å². The number of carbonyl (C=O) groups is 1. The summed E-state index contributed by atoms with van der Waals surface area (Å²) in [5.74, 6) is 1.76. The number of rotatable bonds is 7. The Bertz CT molecular complexity index is 1340. The Balaban J connectivity index is 1.14. The molecular weight excluding hydrogens is 460 g/mol. The molecule has 2 aliphatic rings. The first-order valence-corrected chi connectivity index (χ1v) is 12.9. The molecule has 1 saturated heterocycles. The Morgan fingerprint density at radius 1 is 1.11 bits per heavy atom. The van der Waals surface area contributed by atoms with Gasteiger partial charge in [0.15, 0.2) is 0 Å². The minimum Gasteiger partial charge on any atom is -0.336 e. The van der Waals surface area contributed by atoms with Crippen LogP contribution in [0, 0.1) is 0 Å². The molecule has 4 aromatic rings. The lowest BCUT2D eigenvalue weighted by atomic mass is 10.1. The fourth-order valence-electron chi connectivity index (χ4n) is 4.32. The Hall–Kier alpha value is -3.34. The highest BCUT2D eigenvalue weighted by molar-refractivity contribution is 7.16. The number of fused-ring (bicyclic) bond motifs is 1. The number of piperazine rings is 1. The molecule has 6 rings (SSSR count). The van der Waals surface area contributed by atoms with Gasteiger partial charge in [-0.3, -0.25) is 14.8 Å². The summed E-state index contributed by atoms with van der Waals surface area (Å²) in [6.45, 7) is 5.29. The van der Waals surface area contributed by atoms with Gasteiger partial charge >= 0.3 is 0 Å². The average Bonchev–Trinajstić information content (AvgIpc) is 3.42. The highest BCUT2D eigenvalue weighted by Gasteiger charge is 2.28. The van der Waals surface area contributed by atoms with Gasteiger partial charge in [-0.15, -0.1) is 11.3 Å². The van der Waals surface area contributed by atoms with Crippen LogP contribution in [0.1, 0.15) is 40.6 Å². The Morgan fingerprint density at radius 2 is 1.91 bits per heavy atom. The third-order valence-corrected chi connectivity index (χ3v) is 7.42. The minimum atomic E-state index is -0.255. The van der Waals surface area contributed by atoms with Crippen molar-refractivity contribution in [3.8, 4) is 0 Å². The number of H-pyrrole nitrogens is 1. The molecule has 1 aliphatic carbocycles. The largest absolute Gasteiger partial charge is 0.336 e. The van der Waals surface area contributed by atoms with Crippen molar-refractivity contribution in [2.45, 2.75) is 25.3 Å². The fraction of sp³-hybridized carbons (Fsp3) is 0.360. The molecule has 2 fully saturated rings. The molecule has 0 unspecified atom stereocenters. The monoisotopic (exact) mass is 488 g/mol. The second-order valence-electron chi connectivity index (χ2n) is 9.36. The van der Waals surface area contributed by atoms with Crippen LogP contribution >= 0.6 is 11.3 Å². The Morgan fingerprint density at radius 3 is 2.69 bits per heavy atom. The van der Waals surface area contributed by atoms with Crippen molar-refractivity contribution >= 4 is 44.7 Å². The molecule has 3 N–H and O–H groups in total. The molecule has 1 saturated carbocycles. The van der Waals surface area contributed by atoms with E-state index in [0.717, 1.165) is 67.3 Å². The van der Waals surface area contributed by atoms with Gasteiger partial charge in [-0.1, -0.05) is 12.1 Å². The predicted octanol–water partition coefficient (Wildman–Crippen LogP) is 4.04. The molecule has 0 spiro atoms. The second-order valence-corrected chi connectivity index (χ2v) is 10.3. The van der Waals surface area contributed by atoms with Gasteiger partial charge in [0.1, 0.15) is 22.2 Å². The van der Waals surface area contributed by atoms with Gasteiger partial charge in [0, 0.05) is 44.3 Å². The normalized spacial score (nSPS) is 17.1. The molecule has 1 aromatic carbocycles. The summed E-state index contributed by atoms with van der Waals surface area (Å²) in [7, 11) is 2.16. The van der Waals surface area contributed by atoms with Crippen LogP contribution in [-0.2, 0) is 6.54 Å². The summed E-state index contributed by atoms with van der Waals surface area (Å²) in [6, 6.07) is 10.1. The van der Waals surface area contributed by atoms with Crippen LogP contribution in [0.25, 0.3) is 10.2 Å². The summed E-state index contributed by atoms with van der Waals surface area (Å²) in [5.41, 5.74) is 2.94. The number of likely N-dealkylation sites (N-methyl/N-ethyl adjacent to an activating group) is 1. The van der Waals surface area contributed by atoms with Crippen LogP contribution in [0.3, 0.4) is 0 Å². The van der Waals surface area contributed by atoms with E-state index in [1.807, 2.05) is 23.6 Å².